The van der Waals surface area contributed by atoms with E-state index in [1.165, 1.54) is 128 Å². The minimum Gasteiger partial charge on any atom is -0.356 e. The molecule has 0 bridgehead atoms. The fourth-order valence-electron chi connectivity index (χ4n) is 5.34. The number of hydrogen-bond acceptors (Lipinski definition) is 4. The van der Waals surface area contributed by atoms with E-state index in [0.717, 1.165) is 0 Å². The summed E-state index contributed by atoms with van der Waals surface area (Å²) in [5.74, 6) is 0.987. The Balaban J connectivity index is 4.36. The first kappa shape index (κ1) is 33.8. The zero-order chi connectivity index (χ0) is 25.3. The molecule has 0 N–H and O–H groups in total. The SMILES string of the molecule is CCCCCCCCCC(CCCCC(CCCCCCCCC)C(OC)OC)C(OC)OC. The third-order valence-corrected chi connectivity index (χ3v) is 7.46. The highest BCUT2D eigenvalue weighted by Crippen LogP contribution is 2.27. The van der Waals surface area contributed by atoms with Gasteiger partial charge in [0, 0.05) is 40.3 Å². The van der Waals surface area contributed by atoms with Crippen molar-refractivity contribution in [3.05, 3.63) is 0 Å². The van der Waals surface area contributed by atoms with Crippen molar-refractivity contribution >= 4 is 0 Å². The van der Waals surface area contributed by atoms with Gasteiger partial charge in [-0.05, 0) is 25.7 Å². The van der Waals surface area contributed by atoms with Crippen LogP contribution in [0.25, 0.3) is 0 Å². The first-order valence-electron chi connectivity index (χ1n) is 14.8. The van der Waals surface area contributed by atoms with Crippen molar-refractivity contribution in [2.45, 2.75) is 155 Å². The molecule has 4 heteroatoms. The number of unbranched alkanes of at least 4 members (excludes halogenated alkanes) is 13. The Labute approximate surface area is 214 Å². The fourth-order valence-corrected chi connectivity index (χ4v) is 5.34. The van der Waals surface area contributed by atoms with Gasteiger partial charge in [0.25, 0.3) is 0 Å². The molecule has 0 aliphatic carbocycles. The van der Waals surface area contributed by atoms with Crippen LogP contribution >= 0.6 is 0 Å². The van der Waals surface area contributed by atoms with Crippen molar-refractivity contribution in [2.75, 3.05) is 28.4 Å². The second-order valence-electron chi connectivity index (χ2n) is 10.3. The third-order valence-electron chi connectivity index (χ3n) is 7.46. The van der Waals surface area contributed by atoms with Gasteiger partial charge in [0.2, 0.25) is 0 Å². The van der Waals surface area contributed by atoms with Crippen molar-refractivity contribution in [1.29, 1.82) is 0 Å². The average Bonchev–Trinajstić information content (AvgIpc) is 2.85. The van der Waals surface area contributed by atoms with Crippen LogP contribution in [-0.4, -0.2) is 41.0 Å². The van der Waals surface area contributed by atoms with Gasteiger partial charge in [-0.1, -0.05) is 117 Å². The lowest BCUT2D eigenvalue weighted by Gasteiger charge is -2.27. The van der Waals surface area contributed by atoms with Crippen molar-refractivity contribution in [2.24, 2.45) is 11.8 Å². The van der Waals surface area contributed by atoms with Crippen LogP contribution in [0.1, 0.15) is 142 Å². The average molecular weight is 487 g/mol. The molecule has 4 nitrogen and oxygen atoms in total. The molecule has 0 heterocycles. The molecule has 0 rings (SSSR count). The monoisotopic (exact) mass is 486 g/mol. The van der Waals surface area contributed by atoms with E-state index >= 15 is 0 Å². The molecule has 2 unspecified atom stereocenters. The Hall–Kier alpha value is -0.160. The molecule has 0 fully saturated rings. The number of ether oxygens (including phenoxy) is 4. The highest BCUT2D eigenvalue weighted by atomic mass is 16.7. The predicted octanol–water partition coefficient (Wildman–Crippen LogP) is 9.30. The lowest BCUT2D eigenvalue weighted by atomic mass is 9.90. The summed E-state index contributed by atoms with van der Waals surface area (Å²) in [5, 5.41) is 0. The zero-order valence-electron chi connectivity index (χ0n) is 24.1. The Morgan fingerprint density at radius 3 is 0.853 bits per heavy atom. The molecule has 34 heavy (non-hydrogen) atoms. The molecule has 0 radical (unpaired) electrons. The van der Waals surface area contributed by atoms with Gasteiger partial charge in [0.15, 0.2) is 12.6 Å². The highest BCUT2D eigenvalue weighted by molar-refractivity contribution is 4.68. The Kier molecular flexibility index (Phi) is 25.8. The van der Waals surface area contributed by atoms with Crippen LogP contribution in [0.3, 0.4) is 0 Å². The van der Waals surface area contributed by atoms with Crippen LogP contribution in [0.15, 0.2) is 0 Å². The van der Waals surface area contributed by atoms with E-state index in [1.807, 2.05) is 0 Å². The van der Waals surface area contributed by atoms with Gasteiger partial charge in [-0.25, -0.2) is 0 Å². The molecular weight excluding hydrogens is 424 g/mol. The largest absolute Gasteiger partial charge is 0.356 e. The van der Waals surface area contributed by atoms with Gasteiger partial charge in [0.05, 0.1) is 0 Å². The summed E-state index contributed by atoms with van der Waals surface area (Å²) in [6.07, 6.45) is 26.0. The molecule has 0 aromatic rings. The molecule has 0 aliphatic heterocycles. The fraction of sp³-hybridized carbons (Fsp3) is 1.00. The first-order valence-corrected chi connectivity index (χ1v) is 14.8. The van der Waals surface area contributed by atoms with E-state index in [-0.39, 0.29) is 12.6 Å². The lowest BCUT2D eigenvalue weighted by Crippen LogP contribution is -2.26. The van der Waals surface area contributed by atoms with Gasteiger partial charge in [-0.2, -0.15) is 0 Å². The summed E-state index contributed by atoms with van der Waals surface area (Å²) in [4.78, 5) is 0. The van der Waals surface area contributed by atoms with Gasteiger partial charge >= 0.3 is 0 Å². The third kappa shape index (κ3) is 18.2. The minimum absolute atomic E-state index is 0.0747. The van der Waals surface area contributed by atoms with Crippen LogP contribution in [-0.2, 0) is 18.9 Å². The molecule has 0 spiro atoms. The molecule has 0 saturated heterocycles. The quantitative estimate of drug-likeness (QED) is 0.0856. The highest BCUT2D eigenvalue weighted by Gasteiger charge is 2.23. The zero-order valence-corrected chi connectivity index (χ0v) is 24.1. The molecule has 0 aliphatic rings. The first-order chi connectivity index (χ1) is 16.7. The summed E-state index contributed by atoms with van der Waals surface area (Å²) >= 11 is 0. The summed E-state index contributed by atoms with van der Waals surface area (Å²) in [5.41, 5.74) is 0. The number of hydrogen-bond donors (Lipinski definition) is 0. The predicted molar refractivity (Wildman–Crippen MR) is 146 cm³/mol. The summed E-state index contributed by atoms with van der Waals surface area (Å²) in [7, 11) is 7.13. The van der Waals surface area contributed by atoms with Crippen LogP contribution in [0.2, 0.25) is 0 Å². The second-order valence-corrected chi connectivity index (χ2v) is 10.3. The molecule has 0 amide bonds. The van der Waals surface area contributed by atoms with Gasteiger partial charge < -0.3 is 18.9 Å². The summed E-state index contributed by atoms with van der Waals surface area (Å²) in [6.45, 7) is 4.56. The number of methoxy groups -OCH3 is 4. The second kappa shape index (κ2) is 25.9. The smallest absolute Gasteiger partial charge is 0.159 e. The maximum Gasteiger partial charge on any atom is 0.159 e. The lowest BCUT2D eigenvalue weighted by molar-refractivity contribution is -0.143. The van der Waals surface area contributed by atoms with Crippen LogP contribution < -0.4 is 0 Å². The number of rotatable bonds is 27. The van der Waals surface area contributed by atoms with E-state index in [0.29, 0.717) is 11.8 Å². The van der Waals surface area contributed by atoms with E-state index in [2.05, 4.69) is 13.8 Å². The van der Waals surface area contributed by atoms with Crippen LogP contribution in [0.5, 0.6) is 0 Å². The van der Waals surface area contributed by atoms with Gasteiger partial charge in [-0.15, -0.1) is 0 Å². The molecular formula is C30H62O4. The summed E-state index contributed by atoms with van der Waals surface area (Å²) < 4.78 is 22.6. The molecule has 206 valence electrons. The maximum atomic E-state index is 5.66. The van der Waals surface area contributed by atoms with Gasteiger partial charge in [-0.3, -0.25) is 0 Å². The van der Waals surface area contributed by atoms with Gasteiger partial charge in [0.1, 0.15) is 0 Å². The minimum atomic E-state index is -0.0747. The van der Waals surface area contributed by atoms with Crippen LogP contribution in [0, 0.1) is 11.8 Å². The van der Waals surface area contributed by atoms with E-state index in [1.54, 1.807) is 28.4 Å². The normalized spacial score (nSPS) is 13.8. The van der Waals surface area contributed by atoms with E-state index in [4.69, 9.17) is 18.9 Å². The Morgan fingerprint density at radius 2 is 0.588 bits per heavy atom. The van der Waals surface area contributed by atoms with E-state index < -0.39 is 0 Å². The van der Waals surface area contributed by atoms with Crippen molar-refractivity contribution in [3.8, 4) is 0 Å². The maximum absolute atomic E-state index is 5.66. The molecule has 0 saturated carbocycles. The Morgan fingerprint density at radius 1 is 0.353 bits per heavy atom. The van der Waals surface area contributed by atoms with Crippen molar-refractivity contribution in [3.63, 3.8) is 0 Å². The van der Waals surface area contributed by atoms with Crippen molar-refractivity contribution in [1.82, 2.24) is 0 Å². The molecule has 0 aromatic heterocycles. The van der Waals surface area contributed by atoms with Crippen LogP contribution in [0.4, 0.5) is 0 Å². The Bertz CT molecular complexity index is 346. The van der Waals surface area contributed by atoms with Crippen molar-refractivity contribution < 1.29 is 18.9 Å². The molecule has 0 aromatic carbocycles. The molecule has 2 atom stereocenters. The topological polar surface area (TPSA) is 36.9 Å². The standard InChI is InChI=1S/C30H62O4/c1-7-9-11-13-15-17-19-23-27(29(31-3)32-4)25-21-22-26-28(30(33-5)34-6)24-20-18-16-14-12-10-8-2/h27-30H,7-26H2,1-6H3. The van der Waals surface area contributed by atoms with E-state index in [9.17, 15) is 0 Å². The summed E-state index contributed by atoms with van der Waals surface area (Å²) in [6, 6.07) is 0.